The Hall–Kier alpha value is -2.70. The van der Waals surface area contributed by atoms with Crippen LogP contribution in [0.5, 0.6) is 0 Å². The van der Waals surface area contributed by atoms with Gasteiger partial charge in [0.05, 0.1) is 16.8 Å². The molecule has 104 valence electrons. The van der Waals surface area contributed by atoms with Crippen molar-refractivity contribution < 1.29 is 18.8 Å². The molecule has 2 aromatic rings. The van der Waals surface area contributed by atoms with Crippen molar-refractivity contribution in [2.75, 3.05) is 0 Å². The molecule has 0 unspecified atom stereocenters. The number of rotatable bonds is 2. The van der Waals surface area contributed by atoms with Gasteiger partial charge in [0.2, 0.25) is 0 Å². The Morgan fingerprint density at radius 2 is 2.15 bits per heavy atom. The van der Waals surface area contributed by atoms with Crippen LogP contribution in [0.3, 0.4) is 0 Å². The van der Waals surface area contributed by atoms with Crippen molar-refractivity contribution in [3.05, 3.63) is 53.1 Å². The van der Waals surface area contributed by atoms with Gasteiger partial charge in [-0.25, -0.2) is 9.18 Å². The molecule has 0 radical (unpaired) electrons. The topological polar surface area (TPSA) is 73.2 Å². The molecule has 0 aliphatic heterocycles. The number of nitrogens with one attached hydrogen (secondary N) is 1. The maximum atomic E-state index is 12.9. The lowest BCUT2D eigenvalue weighted by molar-refractivity contribution is 0.0229. The number of aryl methyl sites for hydroxylation is 2. The van der Waals surface area contributed by atoms with Gasteiger partial charge in [0.1, 0.15) is 5.82 Å². The molecular formula is C13H12FN3O3. The number of carbonyl (C=O) groups is 2. The molecule has 1 aromatic heterocycles. The van der Waals surface area contributed by atoms with E-state index in [0.717, 1.165) is 6.07 Å². The standard InChI is InChI=1S/C13H12FN3O3/c1-8-11(7-17(2)15-8)12(18)16-20-13(19)9-4-3-5-10(14)6-9/h3-7H,1-2H3,(H,16,18). The van der Waals surface area contributed by atoms with E-state index < -0.39 is 17.7 Å². The Kier molecular flexibility index (Phi) is 3.79. The van der Waals surface area contributed by atoms with E-state index in [0.29, 0.717) is 11.3 Å². The van der Waals surface area contributed by atoms with Gasteiger partial charge < -0.3 is 4.84 Å². The second kappa shape index (κ2) is 5.52. The molecule has 0 aliphatic carbocycles. The summed E-state index contributed by atoms with van der Waals surface area (Å²) in [5, 5.41) is 3.99. The molecule has 1 heterocycles. The number of benzene rings is 1. The van der Waals surface area contributed by atoms with E-state index in [1.54, 1.807) is 14.0 Å². The van der Waals surface area contributed by atoms with Crippen LogP contribution in [0, 0.1) is 12.7 Å². The smallest absolute Gasteiger partial charge is 0.335 e. The molecular weight excluding hydrogens is 265 g/mol. The number of hydrogen-bond acceptors (Lipinski definition) is 4. The van der Waals surface area contributed by atoms with Crippen molar-refractivity contribution in [1.29, 1.82) is 0 Å². The number of hydrogen-bond donors (Lipinski definition) is 1. The highest BCUT2D eigenvalue weighted by Crippen LogP contribution is 2.06. The molecule has 1 N–H and O–H groups in total. The van der Waals surface area contributed by atoms with Crippen LogP contribution in [-0.2, 0) is 11.9 Å². The average molecular weight is 277 g/mol. The van der Waals surface area contributed by atoms with E-state index in [1.165, 1.54) is 29.1 Å². The Labute approximate surface area is 114 Å². The summed E-state index contributed by atoms with van der Waals surface area (Å²) in [6.07, 6.45) is 1.50. The lowest BCUT2D eigenvalue weighted by Gasteiger charge is -2.05. The van der Waals surface area contributed by atoms with Crippen molar-refractivity contribution >= 4 is 11.9 Å². The molecule has 6 nitrogen and oxygen atoms in total. The molecule has 0 saturated heterocycles. The average Bonchev–Trinajstić information content (AvgIpc) is 2.74. The lowest BCUT2D eigenvalue weighted by atomic mass is 10.2. The van der Waals surface area contributed by atoms with Crippen LogP contribution in [0.1, 0.15) is 26.4 Å². The van der Waals surface area contributed by atoms with E-state index in [-0.39, 0.29) is 5.56 Å². The molecule has 0 atom stereocenters. The molecule has 7 heteroatoms. The van der Waals surface area contributed by atoms with Gasteiger partial charge in [-0.15, -0.1) is 0 Å². The third kappa shape index (κ3) is 3.00. The fraction of sp³-hybridized carbons (Fsp3) is 0.154. The first kappa shape index (κ1) is 13.7. The zero-order valence-corrected chi connectivity index (χ0v) is 10.9. The van der Waals surface area contributed by atoms with E-state index >= 15 is 0 Å². The van der Waals surface area contributed by atoms with Gasteiger partial charge in [0.15, 0.2) is 0 Å². The first-order valence-electron chi connectivity index (χ1n) is 5.74. The highest BCUT2D eigenvalue weighted by Gasteiger charge is 2.15. The zero-order chi connectivity index (χ0) is 14.7. The fourth-order valence-corrected chi connectivity index (χ4v) is 1.64. The fourth-order valence-electron chi connectivity index (χ4n) is 1.64. The van der Waals surface area contributed by atoms with Crippen LogP contribution in [0.15, 0.2) is 30.5 Å². The van der Waals surface area contributed by atoms with Crippen molar-refractivity contribution in [3.63, 3.8) is 0 Å². The molecule has 1 aromatic carbocycles. The zero-order valence-electron chi connectivity index (χ0n) is 10.9. The Balaban J connectivity index is 2.00. The van der Waals surface area contributed by atoms with Crippen LogP contribution in [-0.4, -0.2) is 21.7 Å². The van der Waals surface area contributed by atoms with Crippen molar-refractivity contribution in [3.8, 4) is 0 Å². The first-order chi connectivity index (χ1) is 9.47. The minimum atomic E-state index is -0.848. The number of hydroxylamine groups is 1. The number of aromatic nitrogens is 2. The van der Waals surface area contributed by atoms with Crippen LogP contribution in [0.4, 0.5) is 4.39 Å². The Morgan fingerprint density at radius 1 is 1.40 bits per heavy atom. The first-order valence-corrected chi connectivity index (χ1v) is 5.74. The summed E-state index contributed by atoms with van der Waals surface area (Å²) >= 11 is 0. The lowest BCUT2D eigenvalue weighted by Crippen LogP contribution is -2.27. The van der Waals surface area contributed by atoms with Crippen molar-refractivity contribution in [1.82, 2.24) is 15.3 Å². The minimum absolute atomic E-state index is 0.00760. The number of carbonyl (C=O) groups excluding carboxylic acids is 2. The van der Waals surface area contributed by atoms with Crippen molar-refractivity contribution in [2.24, 2.45) is 7.05 Å². The summed E-state index contributed by atoms with van der Waals surface area (Å²) in [4.78, 5) is 28.0. The third-order valence-electron chi connectivity index (χ3n) is 2.55. The molecule has 0 aliphatic rings. The molecule has 0 spiro atoms. The summed E-state index contributed by atoms with van der Waals surface area (Å²) in [5.74, 6) is -2.01. The number of nitrogens with zero attached hydrogens (tertiary/aromatic N) is 2. The quantitative estimate of drug-likeness (QED) is 0.841. The van der Waals surface area contributed by atoms with Gasteiger partial charge in [-0.3, -0.25) is 9.48 Å². The molecule has 20 heavy (non-hydrogen) atoms. The highest BCUT2D eigenvalue weighted by atomic mass is 19.1. The number of amides is 1. The summed E-state index contributed by atoms with van der Waals surface area (Å²) < 4.78 is 14.4. The predicted octanol–water partition coefficient (Wildman–Crippen LogP) is 1.37. The third-order valence-corrected chi connectivity index (χ3v) is 2.55. The van der Waals surface area contributed by atoms with E-state index in [9.17, 15) is 14.0 Å². The maximum absolute atomic E-state index is 12.9. The van der Waals surface area contributed by atoms with Crippen molar-refractivity contribution in [2.45, 2.75) is 6.92 Å². The Morgan fingerprint density at radius 3 is 2.75 bits per heavy atom. The van der Waals surface area contributed by atoms with Crippen LogP contribution >= 0.6 is 0 Å². The second-order valence-corrected chi connectivity index (χ2v) is 4.13. The highest BCUT2D eigenvalue weighted by molar-refractivity contribution is 5.96. The van der Waals surface area contributed by atoms with E-state index in [2.05, 4.69) is 9.94 Å². The maximum Gasteiger partial charge on any atom is 0.363 e. The van der Waals surface area contributed by atoms with Crippen LogP contribution in [0.2, 0.25) is 0 Å². The SMILES string of the molecule is Cc1nn(C)cc1C(=O)NOC(=O)c1cccc(F)c1. The van der Waals surface area contributed by atoms with Gasteiger partial charge in [0, 0.05) is 13.2 Å². The predicted molar refractivity (Wildman–Crippen MR) is 67.2 cm³/mol. The minimum Gasteiger partial charge on any atom is -0.335 e. The van der Waals surface area contributed by atoms with E-state index in [4.69, 9.17) is 0 Å². The molecule has 0 saturated carbocycles. The second-order valence-electron chi connectivity index (χ2n) is 4.13. The van der Waals surface area contributed by atoms with Gasteiger partial charge in [0.25, 0.3) is 5.91 Å². The number of halogens is 1. The Bertz CT molecular complexity index is 667. The summed E-state index contributed by atoms with van der Waals surface area (Å²) in [6.45, 7) is 1.66. The normalized spacial score (nSPS) is 10.2. The summed E-state index contributed by atoms with van der Waals surface area (Å²) in [6, 6.07) is 4.98. The molecule has 0 bridgehead atoms. The molecule has 1 amide bonds. The monoisotopic (exact) mass is 277 g/mol. The van der Waals surface area contributed by atoms with Gasteiger partial charge in [-0.2, -0.15) is 10.6 Å². The van der Waals surface area contributed by atoms with Crippen LogP contribution < -0.4 is 5.48 Å². The molecule has 2 rings (SSSR count). The molecule has 0 fully saturated rings. The summed E-state index contributed by atoms with van der Waals surface area (Å²) in [5.41, 5.74) is 2.81. The van der Waals surface area contributed by atoms with Gasteiger partial charge in [-0.1, -0.05) is 6.07 Å². The summed E-state index contributed by atoms with van der Waals surface area (Å²) in [7, 11) is 1.67. The van der Waals surface area contributed by atoms with E-state index in [1.807, 2.05) is 5.48 Å². The van der Waals surface area contributed by atoms with Gasteiger partial charge in [-0.05, 0) is 25.1 Å². The largest absolute Gasteiger partial charge is 0.363 e. The van der Waals surface area contributed by atoms with Crippen LogP contribution in [0.25, 0.3) is 0 Å². The van der Waals surface area contributed by atoms with Gasteiger partial charge >= 0.3 is 5.97 Å².